The average Bonchev–Trinajstić information content (AvgIpc) is 2.77. The van der Waals surface area contributed by atoms with Gasteiger partial charge in [0.15, 0.2) is 0 Å². The zero-order valence-corrected chi connectivity index (χ0v) is 12.1. The number of nitrogens with one attached hydrogen (secondary N) is 2. The van der Waals surface area contributed by atoms with Crippen LogP contribution in [0.2, 0.25) is 0 Å². The quantitative estimate of drug-likeness (QED) is 0.665. The van der Waals surface area contributed by atoms with E-state index in [9.17, 15) is 0 Å². The molecule has 1 aromatic heterocycles. The lowest BCUT2D eigenvalue weighted by molar-refractivity contribution is 0.954. The van der Waals surface area contributed by atoms with Gasteiger partial charge in [0.25, 0.3) is 0 Å². The standard InChI is InChI=1S/C13H17N5S/c1-4-10(3)15-16-13-17-19-12(14)18(13)11-7-5-6-9(2)8-11/h5-8,14H,4H2,1-3H3,(H,16,17)/b14-12?,15-10-. The molecule has 0 aliphatic heterocycles. The molecule has 0 aliphatic carbocycles. The Morgan fingerprint density at radius 3 is 3.00 bits per heavy atom. The van der Waals surface area contributed by atoms with Crippen LogP contribution in [0.4, 0.5) is 5.95 Å². The van der Waals surface area contributed by atoms with E-state index in [-0.39, 0.29) is 0 Å². The molecule has 2 N–H and O–H groups in total. The van der Waals surface area contributed by atoms with Crippen molar-refractivity contribution in [3.8, 4) is 5.69 Å². The molecule has 1 aromatic carbocycles. The van der Waals surface area contributed by atoms with Crippen LogP contribution in [0.3, 0.4) is 0 Å². The topological polar surface area (TPSA) is 66.1 Å². The van der Waals surface area contributed by atoms with Gasteiger partial charge in [0, 0.05) is 17.2 Å². The molecular weight excluding hydrogens is 258 g/mol. The lowest BCUT2D eigenvalue weighted by Gasteiger charge is -2.07. The molecule has 0 spiro atoms. The van der Waals surface area contributed by atoms with Gasteiger partial charge in [0.2, 0.25) is 10.7 Å². The fourth-order valence-corrected chi connectivity index (χ4v) is 2.13. The van der Waals surface area contributed by atoms with Crippen molar-refractivity contribution >= 4 is 23.2 Å². The Hall–Kier alpha value is -1.95. The molecule has 0 unspecified atom stereocenters. The summed E-state index contributed by atoms with van der Waals surface area (Å²) in [5.41, 5.74) is 6.00. The first kappa shape index (κ1) is 13.5. The lowest BCUT2D eigenvalue weighted by Crippen LogP contribution is -2.14. The predicted octanol–water partition coefficient (Wildman–Crippen LogP) is 2.92. The fraction of sp³-hybridized carbons (Fsp3) is 0.308. The fourth-order valence-electron chi connectivity index (χ4n) is 1.57. The number of benzene rings is 1. The van der Waals surface area contributed by atoms with E-state index in [0.29, 0.717) is 10.7 Å². The number of nitrogens with zero attached hydrogens (tertiary/aromatic N) is 3. The molecule has 0 aliphatic rings. The molecule has 0 atom stereocenters. The molecule has 0 saturated carbocycles. The van der Waals surface area contributed by atoms with Gasteiger partial charge in [0.1, 0.15) is 0 Å². The molecule has 0 saturated heterocycles. The Balaban J connectivity index is 2.41. The molecule has 19 heavy (non-hydrogen) atoms. The van der Waals surface area contributed by atoms with Gasteiger partial charge in [-0.25, -0.2) is 5.43 Å². The van der Waals surface area contributed by atoms with Gasteiger partial charge >= 0.3 is 0 Å². The molecule has 0 amide bonds. The van der Waals surface area contributed by atoms with Crippen LogP contribution >= 0.6 is 11.5 Å². The highest BCUT2D eigenvalue weighted by molar-refractivity contribution is 7.03. The van der Waals surface area contributed by atoms with Crippen LogP contribution in [0.25, 0.3) is 5.69 Å². The molecule has 2 rings (SSSR count). The Morgan fingerprint density at radius 2 is 2.32 bits per heavy atom. The molecular formula is C13H17N5S. The molecule has 1 heterocycles. The number of aryl methyl sites for hydroxylation is 1. The summed E-state index contributed by atoms with van der Waals surface area (Å²) in [6.07, 6.45) is 0.884. The molecule has 6 heteroatoms. The second kappa shape index (κ2) is 5.79. The van der Waals surface area contributed by atoms with Crippen molar-refractivity contribution < 1.29 is 0 Å². The minimum absolute atomic E-state index is 0.373. The van der Waals surface area contributed by atoms with Crippen molar-refractivity contribution in [3.63, 3.8) is 0 Å². The van der Waals surface area contributed by atoms with Crippen LogP contribution in [-0.2, 0) is 0 Å². The highest BCUT2D eigenvalue weighted by Crippen LogP contribution is 2.14. The number of hydrogen-bond acceptors (Lipinski definition) is 5. The summed E-state index contributed by atoms with van der Waals surface area (Å²) >= 11 is 1.14. The second-order valence-corrected chi connectivity index (χ2v) is 5.05. The van der Waals surface area contributed by atoms with Gasteiger partial charge in [-0.15, -0.1) is 0 Å². The van der Waals surface area contributed by atoms with Crippen LogP contribution in [0.15, 0.2) is 29.4 Å². The third-order valence-corrected chi connectivity index (χ3v) is 3.37. The van der Waals surface area contributed by atoms with Gasteiger partial charge in [-0.2, -0.15) is 9.47 Å². The van der Waals surface area contributed by atoms with Gasteiger partial charge in [-0.05, 0) is 38.0 Å². The minimum Gasteiger partial charge on any atom is -0.273 e. The lowest BCUT2D eigenvalue weighted by atomic mass is 10.2. The van der Waals surface area contributed by atoms with E-state index in [0.717, 1.165) is 34.9 Å². The maximum atomic E-state index is 7.96. The van der Waals surface area contributed by atoms with Crippen molar-refractivity contribution in [3.05, 3.63) is 34.6 Å². The summed E-state index contributed by atoms with van der Waals surface area (Å²) in [5, 5.41) is 12.2. The summed E-state index contributed by atoms with van der Waals surface area (Å²) in [7, 11) is 0. The van der Waals surface area contributed by atoms with Gasteiger partial charge in [-0.3, -0.25) is 9.98 Å². The van der Waals surface area contributed by atoms with Crippen LogP contribution in [0, 0.1) is 12.3 Å². The van der Waals surface area contributed by atoms with E-state index in [2.05, 4.69) is 14.9 Å². The Morgan fingerprint density at radius 1 is 1.53 bits per heavy atom. The SMILES string of the molecule is CC/C(C)=N\Nc1nsc(=N)n1-c1cccc(C)c1. The van der Waals surface area contributed by atoms with Gasteiger partial charge < -0.3 is 0 Å². The zero-order chi connectivity index (χ0) is 13.8. The number of hydrogen-bond donors (Lipinski definition) is 2. The van der Waals surface area contributed by atoms with E-state index in [1.54, 1.807) is 4.57 Å². The van der Waals surface area contributed by atoms with Crippen molar-refractivity contribution in [2.24, 2.45) is 5.10 Å². The molecule has 0 bridgehead atoms. The van der Waals surface area contributed by atoms with Crippen molar-refractivity contribution in [2.45, 2.75) is 27.2 Å². The molecule has 5 nitrogen and oxygen atoms in total. The van der Waals surface area contributed by atoms with E-state index in [1.807, 2.05) is 45.0 Å². The summed E-state index contributed by atoms with van der Waals surface area (Å²) in [5.74, 6) is 0.577. The maximum absolute atomic E-state index is 7.96. The molecule has 100 valence electrons. The highest BCUT2D eigenvalue weighted by Gasteiger charge is 2.08. The van der Waals surface area contributed by atoms with Gasteiger partial charge in [-0.1, -0.05) is 19.1 Å². The smallest absolute Gasteiger partial charge is 0.241 e. The first-order valence-electron chi connectivity index (χ1n) is 6.11. The number of aromatic nitrogens is 2. The zero-order valence-electron chi connectivity index (χ0n) is 11.3. The van der Waals surface area contributed by atoms with Crippen LogP contribution in [-0.4, -0.2) is 14.7 Å². The number of hydrazone groups is 1. The van der Waals surface area contributed by atoms with Crippen LogP contribution < -0.4 is 10.2 Å². The third-order valence-electron chi connectivity index (χ3n) is 2.75. The predicted molar refractivity (Wildman–Crippen MR) is 79.1 cm³/mol. The van der Waals surface area contributed by atoms with Gasteiger partial charge in [0.05, 0.1) is 5.69 Å². The van der Waals surface area contributed by atoms with Crippen LogP contribution in [0.5, 0.6) is 0 Å². The first-order valence-corrected chi connectivity index (χ1v) is 6.88. The largest absolute Gasteiger partial charge is 0.273 e. The average molecular weight is 275 g/mol. The minimum atomic E-state index is 0.373. The van der Waals surface area contributed by atoms with E-state index in [1.165, 1.54) is 0 Å². The van der Waals surface area contributed by atoms with Crippen molar-refractivity contribution in [1.29, 1.82) is 5.41 Å². The molecule has 0 fully saturated rings. The summed E-state index contributed by atoms with van der Waals surface area (Å²) in [6, 6.07) is 7.98. The highest BCUT2D eigenvalue weighted by atomic mass is 32.1. The second-order valence-electron chi connectivity index (χ2n) is 4.30. The summed E-state index contributed by atoms with van der Waals surface area (Å²) < 4.78 is 5.98. The Kier molecular flexibility index (Phi) is 4.11. The monoisotopic (exact) mass is 275 g/mol. The van der Waals surface area contributed by atoms with Crippen molar-refractivity contribution in [1.82, 2.24) is 8.94 Å². The number of anilines is 1. The normalized spacial score (nSPS) is 11.6. The Labute approximate surface area is 116 Å². The summed E-state index contributed by atoms with van der Waals surface area (Å²) in [4.78, 5) is 0.373. The summed E-state index contributed by atoms with van der Waals surface area (Å²) in [6.45, 7) is 6.03. The van der Waals surface area contributed by atoms with Crippen molar-refractivity contribution in [2.75, 3.05) is 5.43 Å². The maximum Gasteiger partial charge on any atom is 0.241 e. The van der Waals surface area contributed by atoms with E-state index >= 15 is 0 Å². The van der Waals surface area contributed by atoms with E-state index in [4.69, 9.17) is 5.41 Å². The Bertz CT molecular complexity index is 653. The first-order chi connectivity index (χ1) is 9.11. The van der Waals surface area contributed by atoms with Crippen LogP contribution in [0.1, 0.15) is 25.8 Å². The number of rotatable bonds is 4. The molecule has 2 aromatic rings. The molecule has 0 radical (unpaired) electrons. The third kappa shape index (κ3) is 3.08. The van der Waals surface area contributed by atoms with E-state index < -0.39 is 0 Å².